The van der Waals surface area contributed by atoms with E-state index < -0.39 is 0 Å². The minimum absolute atomic E-state index is 0.00827. The first-order chi connectivity index (χ1) is 13.4. The van der Waals surface area contributed by atoms with Crippen LogP contribution in [0, 0.1) is 6.92 Å². The van der Waals surface area contributed by atoms with Gasteiger partial charge in [-0.05, 0) is 31.2 Å². The van der Waals surface area contributed by atoms with E-state index in [1.165, 1.54) is 11.3 Å². The molecular weight excluding hydrogens is 394 g/mol. The number of hydrogen-bond donors (Lipinski definition) is 0. The van der Waals surface area contributed by atoms with E-state index in [1.54, 1.807) is 42.4 Å². The quantitative estimate of drug-likeness (QED) is 0.535. The lowest BCUT2D eigenvalue weighted by atomic mass is 10.1. The molecule has 3 aromatic rings. The van der Waals surface area contributed by atoms with Crippen LogP contribution in [0.5, 0.6) is 0 Å². The Morgan fingerprint density at radius 3 is 2.57 bits per heavy atom. The highest BCUT2D eigenvalue weighted by atomic mass is 35.5. The van der Waals surface area contributed by atoms with Gasteiger partial charge < -0.3 is 4.90 Å². The van der Waals surface area contributed by atoms with Crippen molar-refractivity contribution in [2.45, 2.75) is 26.7 Å². The van der Waals surface area contributed by atoms with Crippen LogP contribution in [0.4, 0.5) is 5.69 Å². The molecule has 0 atom stereocenters. The fourth-order valence-electron chi connectivity index (χ4n) is 2.76. The van der Waals surface area contributed by atoms with Crippen LogP contribution >= 0.6 is 22.9 Å². The normalized spacial score (nSPS) is 10.7. The Kier molecular flexibility index (Phi) is 6.21. The van der Waals surface area contributed by atoms with E-state index in [1.807, 2.05) is 25.3 Å². The van der Waals surface area contributed by atoms with Crippen molar-refractivity contribution in [1.29, 1.82) is 0 Å². The smallest absolute Gasteiger partial charge is 0.226 e. The number of aryl methyl sites for hydroxylation is 1. The second kappa shape index (κ2) is 8.63. The lowest BCUT2D eigenvalue weighted by Gasteiger charge is -2.18. The van der Waals surface area contributed by atoms with Crippen molar-refractivity contribution < 1.29 is 9.59 Å². The Labute approximate surface area is 173 Å². The molecule has 0 saturated heterocycles. The molecule has 0 saturated carbocycles. The highest BCUT2D eigenvalue weighted by Gasteiger charge is 2.14. The molecule has 0 N–H and O–H groups in total. The summed E-state index contributed by atoms with van der Waals surface area (Å²) in [5, 5.41) is 3.21. The van der Waals surface area contributed by atoms with Crippen LogP contribution in [-0.4, -0.2) is 28.7 Å². The van der Waals surface area contributed by atoms with Gasteiger partial charge in [-0.25, -0.2) is 4.98 Å². The second-order valence-electron chi connectivity index (χ2n) is 6.39. The number of ketones is 1. The maximum Gasteiger partial charge on any atom is 0.226 e. The summed E-state index contributed by atoms with van der Waals surface area (Å²) in [4.78, 5) is 34.6. The zero-order valence-corrected chi connectivity index (χ0v) is 17.5. The first kappa shape index (κ1) is 20.2. The van der Waals surface area contributed by atoms with Gasteiger partial charge in [-0.2, -0.15) is 0 Å². The Hall–Kier alpha value is -2.57. The first-order valence-electron chi connectivity index (χ1n) is 8.85. The van der Waals surface area contributed by atoms with Gasteiger partial charge >= 0.3 is 0 Å². The minimum Gasteiger partial charge on any atom is -0.314 e. The largest absolute Gasteiger partial charge is 0.314 e. The number of halogens is 1. The van der Waals surface area contributed by atoms with Crippen molar-refractivity contribution in [1.82, 2.24) is 9.97 Å². The van der Waals surface area contributed by atoms with Crippen LogP contribution in [0.3, 0.4) is 0 Å². The number of nitrogens with zero attached hydrogens (tertiary/aromatic N) is 3. The van der Waals surface area contributed by atoms with Crippen LogP contribution in [-0.2, 0) is 11.2 Å². The van der Waals surface area contributed by atoms with Gasteiger partial charge in [0.05, 0.1) is 22.8 Å². The van der Waals surface area contributed by atoms with E-state index in [9.17, 15) is 9.59 Å². The van der Waals surface area contributed by atoms with Crippen molar-refractivity contribution in [3.8, 4) is 11.3 Å². The van der Waals surface area contributed by atoms with Gasteiger partial charge in [-0.15, -0.1) is 11.3 Å². The number of aromatic nitrogens is 2. The Morgan fingerprint density at radius 1 is 1.21 bits per heavy atom. The molecule has 3 rings (SSSR count). The number of rotatable bonds is 6. The van der Waals surface area contributed by atoms with Crippen LogP contribution in [0.15, 0.2) is 41.9 Å². The lowest BCUT2D eigenvalue weighted by Crippen LogP contribution is -2.25. The number of benzene rings is 1. The number of carbonyl (C=O) groups excluding carboxylic acids is 2. The number of pyridine rings is 1. The van der Waals surface area contributed by atoms with E-state index in [4.69, 9.17) is 11.6 Å². The minimum atomic E-state index is -0.0125. The molecule has 7 heteroatoms. The Balaban J connectivity index is 1.77. The molecule has 0 spiro atoms. The van der Waals surface area contributed by atoms with Crippen molar-refractivity contribution in [3.05, 3.63) is 63.2 Å². The summed E-state index contributed by atoms with van der Waals surface area (Å²) >= 11 is 7.85. The molecular formula is C21H20ClN3O2S. The number of thiazole rings is 1. The summed E-state index contributed by atoms with van der Waals surface area (Å²) in [6, 6.07) is 9.00. The van der Waals surface area contributed by atoms with Crippen molar-refractivity contribution in [3.63, 3.8) is 0 Å². The lowest BCUT2D eigenvalue weighted by molar-refractivity contribution is -0.118. The number of amides is 1. The van der Waals surface area contributed by atoms with Crippen LogP contribution in [0.1, 0.15) is 34.4 Å². The highest BCUT2D eigenvalue weighted by Crippen LogP contribution is 2.30. The molecule has 0 unspecified atom stereocenters. The predicted octanol–water partition coefficient (Wildman–Crippen LogP) is 4.97. The number of Topliss-reactive ketones (excluding diaryl/α,β-unsaturated/α-hetero) is 1. The molecule has 2 heterocycles. The van der Waals surface area contributed by atoms with Crippen molar-refractivity contribution in [2.75, 3.05) is 11.9 Å². The zero-order chi connectivity index (χ0) is 20.3. The van der Waals surface area contributed by atoms with Gasteiger partial charge in [0.25, 0.3) is 0 Å². The van der Waals surface area contributed by atoms with Gasteiger partial charge in [0.1, 0.15) is 5.01 Å². The molecule has 144 valence electrons. The van der Waals surface area contributed by atoms with E-state index in [0.29, 0.717) is 28.4 Å². The topological polar surface area (TPSA) is 63.2 Å². The molecule has 0 aliphatic heterocycles. The molecule has 0 bridgehead atoms. The van der Waals surface area contributed by atoms with Gasteiger partial charge in [0.2, 0.25) is 5.91 Å². The molecule has 2 aromatic heterocycles. The Bertz CT molecular complexity index is 1010. The summed E-state index contributed by atoms with van der Waals surface area (Å²) in [5.41, 5.74) is 3.66. The first-order valence-corrected chi connectivity index (χ1v) is 10.1. The Morgan fingerprint density at radius 2 is 2.00 bits per heavy atom. The SMILES string of the molecule is CCC(=O)N(C)c1ccc(-c2ccc(C(=O)Cc3nc(C)cs3)cn2)cc1Cl. The molecule has 5 nitrogen and oxygen atoms in total. The maximum atomic E-state index is 12.4. The molecule has 0 aliphatic carbocycles. The zero-order valence-electron chi connectivity index (χ0n) is 15.9. The molecule has 1 aromatic carbocycles. The third kappa shape index (κ3) is 4.46. The van der Waals surface area contributed by atoms with Gasteiger partial charge in [0, 0.05) is 41.9 Å². The maximum absolute atomic E-state index is 12.4. The third-order valence-corrected chi connectivity index (χ3v) is 5.61. The number of anilines is 1. The molecule has 0 radical (unpaired) electrons. The van der Waals surface area contributed by atoms with Gasteiger partial charge in [-0.1, -0.05) is 24.6 Å². The van der Waals surface area contributed by atoms with Crippen molar-refractivity contribution in [2.24, 2.45) is 0 Å². The summed E-state index contributed by atoms with van der Waals surface area (Å²) in [7, 11) is 1.70. The molecule has 0 aliphatic rings. The number of carbonyl (C=O) groups is 2. The number of hydrogen-bond acceptors (Lipinski definition) is 5. The second-order valence-corrected chi connectivity index (χ2v) is 7.74. The van der Waals surface area contributed by atoms with E-state index >= 15 is 0 Å². The average Bonchev–Trinajstić information content (AvgIpc) is 3.11. The third-order valence-electron chi connectivity index (χ3n) is 4.35. The molecule has 1 amide bonds. The molecule has 0 fully saturated rings. The summed E-state index contributed by atoms with van der Waals surface area (Å²) in [6.07, 6.45) is 2.26. The van der Waals surface area contributed by atoms with E-state index in [2.05, 4.69) is 9.97 Å². The summed E-state index contributed by atoms with van der Waals surface area (Å²) in [5.74, 6) is -0.0208. The summed E-state index contributed by atoms with van der Waals surface area (Å²) in [6.45, 7) is 3.72. The van der Waals surface area contributed by atoms with Crippen LogP contribution < -0.4 is 4.90 Å². The monoisotopic (exact) mass is 413 g/mol. The van der Waals surface area contributed by atoms with Crippen LogP contribution in [0.25, 0.3) is 11.3 Å². The average molecular weight is 414 g/mol. The summed E-state index contributed by atoms with van der Waals surface area (Å²) < 4.78 is 0. The predicted molar refractivity (Wildman–Crippen MR) is 113 cm³/mol. The van der Waals surface area contributed by atoms with E-state index in [-0.39, 0.29) is 18.1 Å². The molecule has 28 heavy (non-hydrogen) atoms. The van der Waals surface area contributed by atoms with Gasteiger partial charge in [0.15, 0.2) is 5.78 Å². The van der Waals surface area contributed by atoms with Crippen molar-refractivity contribution >= 4 is 40.3 Å². The van der Waals surface area contributed by atoms with Crippen LogP contribution in [0.2, 0.25) is 5.02 Å². The standard InChI is InChI=1S/C21H20ClN3O2S/c1-4-21(27)25(3)18-8-6-14(9-16(18)22)17-7-5-15(11-23-17)19(26)10-20-24-13(2)12-28-20/h5-9,11-12H,4,10H2,1-3H3. The highest BCUT2D eigenvalue weighted by molar-refractivity contribution is 7.09. The van der Waals surface area contributed by atoms with E-state index in [0.717, 1.165) is 16.3 Å². The van der Waals surface area contributed by atoms with Gasteiger partial charge in [-0.3, -0.25) is 14.6 Å². The fourth-order valence-corrected chi connectivity index (χ4v) is 3.84. The fraction of sp³-hybridized carbons (Fsp3) is 0.238.